The van der Waals surface area contributed by atoms with Crippen LogP contribution in [0.3, 0.4) is 0 Å². The fourth-order valence-electron chi connectivity index (χ4n) is 4.50. The quantitative estimate of drug-likeness (QED) is 0.236. The van der Waals surface area contributed by atoms with Crippen LogP contribution in [0.5, 0.6) is 0 Å². The number of amides is 2. The molecule has 5 aromatic rings. The highest BCUT2D eigenvalue weighted by Crippen LogP contribution is 2.21. The van der Waals surface area contributed by atoms with Gasteiger partial charge in [0.2, 0.25) is 5.89 Å². The minimum atomic E-state index is -0.397. The lowest BCUT2D eigenvalue weighted by molar-refractivity contribution is 0.0934. The fraction of sp³-hybridized carbons (Fsp3) is 0.152. The highest BCUT2D eigenvalue weighted by atomic mass is 16.5. The van der Waals surface area contributed by atoms with Gasteiger partial charge in [-0.25, -0.2) is 0 Å². The van der Waals surface area contributed by atoms with Crippen LogP contribution in [0.15, 0.2) is 120 Å². The van der Waals surface area contributed by atoms with Crippen molar-refractivity contribution in [2.75, 3.05) is 13.1 Å². The van der Waals surface area contributed by atoms with Crippen LogP contribution in [-0.4, -0.2) is 35.0 Å². The van der Waals surface area contributed by atoms with Gasteiger partial charge in [-0.1, -0.05) is 108 Å². The second-order valence-corrected chi connectivity index (χ2v) is 9.47. The van der Waals surface area contributed by atoms with Gasteiger partial charge < -0.3 is 15.2 Å². The molecule has 0 aliphatic carbocycles. The van der Waals surface area contributed by atoms with Crippen molar-refractivity contribution in [1.29, 1.82) is 0 Å². The van der Waals surface area contributed by atoms with Crippen molar-refractivity contribution < 1.29 is 14.1 Å². The van der Waals surface area contributed by atoms with Gasteiger partial charge in [0.05, 0.1) is 0 Å². The molecule has 0 radical (unpaired) electrons. The van der Waals surface area contributed by atoms with Gasteiger partial charge >= 0.3 is 0 Å². The van der Waals surface area contributed by atoms with E-state index in [-0.39, 0.29) is 23.5 Å². The van der Waals surface area contributed by atoms with Gasteiger partial charge in [0.25, 0.3) is 17.6 Å². The molecule has 0 saturated heterocycles. The molecule has 200 valence electrons. The first-order valence-corrected chi connectivity index (χ1v) is 13.3. The second kappa shape index (κ2) is 13.2. The van der Waals surface area contributed by atoms with Crippen molar-refractivity contribution in [2.24, 2.45) is 0 Å². The lowest BCUT2D eigenvalue weighted by atomic mass is 9.92. The van der Waals surface area contributed by atoms with Gasteiger partial charge in [-0.05, 0) is 40.8 Å². The Morgan fingerprint density at radius 1 is 0.700 bits per heavy atom. The van der Waals surface area contributed by atoms with Crippen LogP contribution in [0.4, 0.5) is 0 Å². The molecule has 40 heavy (non-hydrogen) atoms. The number of aromatic nitrogens is 2. The molecule has 5 rings (SSSR count). The summed E-state index contributed by atoms with van der Waals surface area (Å²) in [5, 5.41) is 9.64. The van der Waals surface area contributed by atoms with Crippen molar-refractivity contribution in [3.05, 3.63) is 144 Å². The van der Waals surface area contributed by atoms with Gasteiger partial charge in [-0.2, -0.15) is 4.98 Å². The van der Waals surface area contributed by atoms with Gasteiger partial charge in [0.15, 0.2) is 0 Å². The Morgan fingerprint density at radius 2 is 1.32 bits per heavy atom. The predicted octanol–water partition coefficient (Wildman–Crippen LogP) is 5.47. The van der Waals surface area contributed by atoms with E-state index in [1.54, 1.807) is 12.1 Å². The Bertz CT molecular complexity index is 1520. The summed E-state index contributed by atoms with van der Waals surface area (Å²) in [6, 6.07) is 37.7. The van der Waals surface area contributed by atoms with Crippen LogP contribution < -0.4 is 10.6 Å². The lowest BCUT2D eigenvalue weighted by Gasteiger charge is -2.18. The average Bonchev–Trinajstić information content (AvgIpc) is 3.49. The molecule has 0 saturated carbocycles. The fourth-order valence-corrected chi connectivity index (χ4v) is 4.50. The lowest BCUT2D eigenvalue weighted by Crippen LogP contribution is -2.30. The van der Waals surface area contributed by atoms with Crippen molar-refractivity contribution >= 4 is 11.8 Å². The van der Waals surface area contributed by atoms with Crippen LogP contribution >= 0.6 is 0 Å². The number of hydrogen-bond donors (Lipinski definition) is 2. The third kappa shape index (κ3) is 7.08. The topological polar surface area (TPSA) is 97.1 Å². The van der Waals surface area contributed by atoms with E-state index < -0.39 is 5.91 Å². The van der Waals surface area contributed by atoms with Crippen molar-refractivity contribution in [1.82, 2.24) is 20.8 Å². The van der Waals surface area contributed by atoms with E-state index in [1.165, 1.54) is 5.56 Å². The zero-order valence-corrected chi connectivity index (χ0v) is 22.0. The molecule has 7 heteroatoms. The molecule has 0 fully saturated rings. The Kier molecular flexibility index (Phi) is 8.73. The normalized spacial score (nSPS) is 11.5. The summed E-state index contributed by atoms with van der Waals surface area (Å²) in [5.74, 6) is -0.233. The molecule has 0 bridgehead atoms. The van der Waals surface area contributed by atoms with E-state index in [9.17, 15) is 9.59 Å². The molecule has 2 N–H and O–H groups in total. The zero-order valence-electron chi connectivity index (χ0n) is 22.0. The number of carbonyl (C=O) groups excluding carboxylic acids is 2. The summed E-state index contributed by atoms with van der Waals surface area (Å²) in [6.45, 7) is 0.733. The van der Waals surface area contributed by atoms with E-state index in [4.69, 9.17) is 4.52 Å². The molecule has 0 aliphatic rings. The molecule has 4 aromatic carbocycles. The molecule has 0 aliphatic heterocycles. The number of nitrogens with one attached hydrogen (secondary N) is 2. The number of carbonyl (C=O) groups is 2. The maximum absolute atomic E-state index is 12.8. The van der Waals surface area contributed by atoms with E-state index >= 15 is 0 Å². The molecular weight excluding hydrogens is 500 g/mol. The van der Waals surface area contributed by atoms with Gasteiger partial charge in [0, 0.05) is 31.0 Å². The first-order chi connectivity index (χ1) is 19.7. The molecule has 1 atom stereocenters. The Labute approximate surface area is 233 Å². The van der Waals surface area contributed by atoms with E-state index in [0.717, 1.165) is 23.1 Å². The number of benzene rings is 4. The van der Waals surface area contributed by atoms with E-state index in [1.807, 2.05) is 78.9 Å². The van der Waals surface area contributed by atoms with Gasteiger partial charge in [-0.3, -0.25) is 9.59 Å². The highest BCUT2D eigenvalue weighted by molar-refractivity contribution is 5.94. The Balaban J connectivity index is 1.11. The molecule has 0 spiro atoms. The summed E-state index contributed by atoms with van der Waals surface area (Å²) in [7, 11) is 0. The minimum absolute atomic E-state index is 0.0237. The Morgan fingerprint density at radius 3 is 2.02 bits per heavy atom. The largest absolute Gasteiger partial charge is 0.352 e. The molecule has 1 unspecified atom stereocenters. The van der Waals surface area contributed by atoms with Crippen LogP contribution in [-0.2, 0) is 12.8 Å². The summed E-state index contributed by atoms with van der Waals surface area (Å²) >= 11 is 0. The third-order valence-electron chi connectivity index (χ3n) is 6.65. The highest BCUT2D eigenvalue weighted by Gasteiger charge is 2.18. The molecule has 2 amide bonds. The van der Waals surface area contributed by atoms with Crippen molar-refractivity contribution in [3.63, 3.8) is 0 Å². The zero-order chi connectivity index (χ0) is 27.6. The monoisotopic (exact) mass is 530 g/mol. The maximum Gasteiger partial charge on any atom is 0.292 e. The van der Waals surface area contributed by atoms with Gasteiger partial charge in [0.1, 0.15) is 0 Å². The second-order valence-electron chi connectivity index (χ2n) is 9.47. The number of hydrogen-bond acceptors (Lipinski definition) is 5. The molecule has 1 heterocycles. The molecule has 1 aromatic heterocycles. The van der Waals surface area contributed by atoms with Crippen LogP contribution in [0.25, 0.3) is 11.1 Å². The molecule has 7 nitrogen and oxygen atoms in total. The standard InChI is InChI=1S/C33H30N4O3/c38-32(28-18-16-27(17-19-28)25-12-6-2-7-13-25)34-21-20-30-36-31(37-40-30)33(39)35-23-29(26-14-8-3-9-15-26)22-24-10-4-1-5-11-24/h1-19,29H,20-23H2,(H,34,38)(H,35,39). The summed E-state index contributed by atoms with van der Waals surface area (Å²) in [4.78, 5) is 29.5. The van der Waals surface area contributed by atoms with E-state index in [2.05, 4.69) is 45.0 Å². The maximum atomic E-state index is 12.8. The summed E-state index contributed by atoms with van der Waals surface area (Å²) in [5.41, 5.74) is 5.04. The predicted molar refractivity (Wildman–Crippen MR) is 154 cm³/mol. The molecular formula is C33H30N4O3. The SMILES string of the molecule is O=C(NCCc1nc(C(=O)NCC(Cc2ccccc2)c2ccccc2)no1)c1ccc(-c2ccccc2)cc1. The van der Waals surface area contributed by atoms with Gasteiger partial charge in [-0.15, -0.1) is 0 Å². The van der Waals surface area contributed by atoms with Crippen molar-refractivity contribution in [2.45, 2.75) is 18.8 Å². The van der Waals surface area contributed by atoms with E-state index in [0.29, 0.717) is 25.1 Å². The minimum Gasteiger partial charge on any atom is -0.352 e. The number of rotatable bonds is 11. The smallest absolute Gasteiger partial charge is 0.292 e. The van der Waals surface area contributed by atoms with Crippen LogP contribution in [0, 0.1) is 0 Å². The van der Waals surface area contributed by atoms with Crippen LogP contribution in [0.2, 0.25) is 0 Å². The number of nitrogens with zero attached hydrogens (tertiary/aromatic N) is 2. The third-order valence-corrected chi connectivity index (χ3v) is 6.65. The van der Waals surface area contributed by atoms with Crippen molar-refractivity contribution in [3.8, 4) is 11.1 Å². The first-order valence-electron chi connectivity index (χ1n) is 13.3. The summed E-state index contributed by atoms with van der Waals surface area (Å²) < 4.78 is 5.25. The van der Waals surface area contributed by atoms with Crippen LogP contribution in [0.1, 0.15) is 43.9 Å². The first kappa shape index (κ1) is 26.6. The summed E-state index contributed by atoms with van der Waals surface area (Å²) in [6.07, 6.45) is 1.10. The average molecular weight is 531 g/mol. The Hall–Kier alpha value is -5.04.